The number of aliphatic hydroxyl groups is 1. The van der Waals surface area contributed by atoms with E-state index in [2.05, 4.69) is 28.0 Å². The minimum Gasteiger partial charge on any atom is -0.493 e. The van der Waals surface area contributed by atoms with Crippen molar-refractivity contribution in [2.24, 2.45) is 0 Å². The second-order valence-electron chi connectivity index (χ2n) is 10.3. The Morgan fingerprint density at radius 1 is 1.07 bits per heavy atom. The summed E-state index contributed by atoms with van der Waals surface area (Å²) >= 11 is 4.14. The number of β-amino-alcohol motifs (C(OH)–C–C–N with tert-alkyl or cyclic N) is 1. The first-order valence-electron chi connectivity index (χ1n) is 14.2. The van der Waals surface area contributed by atoms with Gasteiger partial charge in [-0.05, 0) is 29.8 Å². The Labute approximate surface area is 265 Å². The van der Waals surface area contributed by atoms with E-state index in [0.29, 0.717) is 47.9 Å². The van der Waals surface area contributed by atoms with Crippen LogP contribution in [0.3, 0.4) is 0 Å². The lowest BCUT2D eigenvalue weighted by molar-refractivity contribution is -0.119. The fourth-order valence-corrected chi connectivity index (χ4v) is 4.92. The van der Waals surface area contributed by atoms with Crippen LogP contribution in [-0.4, -0.2) is 79.6 Å². The van der Waals surface area contributed by atoms with E-state index >= 15 is 4.39 Å². The summed E-state index contributed by atoms with van der Waals surface area (Å²) in [7, 11) is 1.49. The molecule has 4 aromatic rings. The number of halogens is 1. The molecule has 5 rings (SSSR count). The number of amides is 3. The number of nitrogens with one attached hydrogen (secondary N) is 1. The second kappa shape index (κ2) is 15.0. The normalized spacial score (nSPS) is 14.0. The van der Waals surface area contributed by atoms with Gasteiger partial charge in [-0.25, -0.2) is 13.5 Å². The van der Waals surface area contributed by atoms with Crippen LogP contribution < -0.4 is 23.8 Å². The van der Waals surface area contributed by atoms with Gasteiger partial charge in [-0.3, -0.25) is 20.0 Å². The van der Waals surface area contributed by atoms with Crippen molar-refractivity contribution in [1.29, 1.82) is 0 Å². The molecule has 0 bridgehead atoms. The molecule has 1 fully saturated rings. The van der Waals surface area contributed by atoms with E-state index < -0.39 is 23.9 Å². The van der Waals surface area contributed by atoms with Crippen molar-refractivity contribution in [2.45, 2.75) is 12.5 Å². The summed E-state index contributed by atoms with van der Waals surface area (Å²) in [6.07, 6.45) is 0.802. The van der Waals surface area contributed by atoms with Crippen molar-refractivity contribution in [1.82, 2.24) is 15.2 Å². The van der Waals surface area contributed by atoms with Crippen molar-refractivity contribution in [3.8, 4) is 23.0 Å². The lowest BCUT2D eigenvalue weighted by Crippen LogP contribution is -2.42. The number of hydrogen-bond donors (Lipinski definition) is 3. The monoisotopic (exact) mass is 636 g/mol. The molecular formula is C32H33FN4O7S. The second-order valence-corrected chi connectivity index (χ2v) is 10.7. The van der Waals surface area contributed by atoms with E-state index in [4.69, 9.17) is 18.9 Å². The van der Waals surface area contributed by atoms with Crippen molar-refractivity contribution in [2.75, 3.05) is 50.9 Å². The number of carbonyl (C=O) groups is 2. The average Bonchev–Trinajstić information content (AvgIpc) is 3.04. The van der Waals surface area contributed by atoms with Gasteiger partial charge in [0.1, 0.15) is 18.5 Å². The van der Waals surface area contributed by atoms with Gasteiger partial charge in [0.2, 0.25) is 5.91 Å². The molecule has 3 amide bonds. The number of carbonyl (C=O) groups excluding carboxylic acids is 2. The van der Waals surface area contributed by atoms with Crippen molar-refractivity contribution < 1.29 is 38.0 Å². The predicted molar refractivity (Wildman–Crippen MR) is 169 cm³/mol. The molecular weight excluding hydrogens is 603 g/mol. The van der Waals surface area contributed by atoms with Crippen LogP contribution in [0.5, 0.6) is 23.0 Å². The molecule has 13 heteroatoms. The van der Waals surface area contributed by atoms with Crippen molar-refractivity contribution in [3.63, 3.8) is 0 Å². The molecule has 236 valence electrons. The van der Waals surface area contributed by atoms with Crippen LogP contribution in [0.1, 0.15) is 5.56 Å². The van der Waals surface area contributed by atoms with Crippen molar-refractivity contribution in [3.05, 3.63) is 84.3 Å². The van der Waals surface area contributed by atoms with Crippen molar-refractivity contribution >= 4 is 41.3 Å². The van der Waals surface area contributed by atoms with E-state index in [-0.39, 0.29) is 24.5 Å². The quantitative estimate of drug-likeness (QED) is 0.206. The number of ether oxygens (including phenoxy) is 4. The molecule has 3 aromatic carbocycles. The van der Waals surface area contributed by atoms with Gasteiger partial charge >= 0.3 is 6.03 Å². The topological polar surface area (TPSA) is 123 Å². The smallest absolute Gasteiger partial charge is 0.338 e. The largest absolute Gasteiger partial charge is 0.493 e. The highest BCUT2D eigenvalue weighted by Gasteiger charge is 2.20. The van der Waals surface area contributed by atoms with Crippen LogP contribution in [-0.2, 0) is 16.0 Å². The number of pyridine rings is 1. The molecule has 1 unspecified atom stereocenters. The fourth-order valence-electron chi connectivity index (χ4n) is 4.75. The van der Waals surface area contributed by atoms with Gasteiger partial charge < -0.3 is 24.1 Å². The maximum Gasteiger partial charge on any atom is 0.338 e. The molecule has 45 heavy (non-hydrogen) atoms. The maximum atomic E-state index is 15.2. The van der Waals surface area contributed by atoms with E-state index in [9.17, 15) is 14.7 Å². The SMILES string of the molecule is COc1cc2c(Oc3ccc(N(S)C(=O)NC(=O)Cc4ccccc4)cc3F)ccnc2cc1OCC(O)CN1CCOCC1. The third-order valence-corrected chi connectivity index (χ3v) is 7.43. The number of aromatic nitrogens is 1. The first kappa shape index (κ1) is 32.0. The summed E-state index contributed by atoms with van der Waals surface area (Å²) in [6.45, 7) is 3.29. The van der Waals surface area contributed by atoms with Gasteiger partial charge in [0, 0.05) is 43.4 Å². The number of nitrogens with zero attached hydrogens (tertiary/aromatic N) is 3. The molecule has 0 spiro atoms. The molecule has 11 nitrogen and oxygen atoms in total. The Hall–Kier alpha value is -4.43. The Morgan fingerprint density at radius 2 is 1.84 bits per heavy atom. The number of imide groups is 1. The van der Waals surface area contributed by atoms with E-state index in [1.807, 2.05) is 6.07 Å². The van der Waals surface area contributed by atoms with Crippen LogP contribution in [0.25, 0.3) is 10.9 Å². The number of aliphatic hydroxyl groups excluding tert-OH is 1. The van der Waals surface area contributed by atoms with Gasteiger partial charge in [-0.2, -0.15) is 0 Å². The van der Waals surface area contributed by atoms with Crippen LogP contribution in [0.15, 0.2) is 72.9 Å². The van der Waals surface area contributed by atoms with Crippen LogP contribution in [0.2, 0.25) is 0 Å². The van der Waals surface area contributed by atoms with Gasteiger partial charge in [0.05, 0.1) is 37.9 Å². The number of urea groups is 1. The van der Waals surface area contributed by atoms with Crippen LogP contribution in [0, 0.1) is 5.82 Å². The van der Waals surface area contributed by atoms with E-state index in [1.54, 1.807) is 42.5 Å². The third-order valence-electron chi connectivity index (χ3n) is 7.02. The first-order chi connectivity index (χ1) is 21.8. The molecule has 0 aliphatic carbocycles. The Balaban J connectivity index is 1.24. The fraction of sp³-hybridized carbons (Fsp3) is 0.281. The summed E-state index contributed by atoms with van der Waals surface area (Å²) in [6, 6.07) is 16.9. The lowest BCUT2D eigenvalue weighted by Gasteiger charge is -2.28. The summed E-state index contributed by atoms with van der Waals surface area (Å²) in [4.78, 5) is 31.3. The molecule has 1 aliphatic heterocycles. The Kier molecular flexibility index (Phi) is 10.7. The standard InChI is InChI=1S/C32H33FN4O7S/c1-41-29-17-24-26(18-30(29)43-20-23(38)19-36-11-13-42-14-12-36)34-10-9-27(24)44-28-8-7-22(16-25(28)33)37(45)32(40)35-31(39)15-21-5-3-2-4-6-21/h2-10,16-18,23,38,45H,11-15,19-20H2,1H3,(H,35,39,40). The minimum atomic E-state index is -0.828. The zero-order valence-electron chi connectivity index (χ0n) is 24.5. The molecule has 0 radical (unpaired) electrons. The molecule has 1 atom stereocenters. The summed E-state index contributed by atoms with van der Waals surface area (Å²) in [5.74, 6) is -0.326. The van der Waals surface area contributed by atoms with Crippen LogP contribution >= 0.6 is 12.8 Å². The van der Waals surface area contributed by atoms with Gasteiger partial charge in [-0.15, -0.1) is 0 Å². The average molecular weight is 637 g/mol. The molecule has 1 saturated heterocycles. The number of methoxy groups -OCH3 is 1. The summed E-state index contributed by atoms with van der Waals surface area (Å²) < 4.78 is 38.7. The van der Waals surface area contributed by atoms with Gasteiger partial charge in [-0.1, -0.05) is 43.1 Å². The highest BCUT2D eigenvalue weighted by Crippen LogP contribution is 2.38. The Morgan fingerprint density at radius 3 is 2.58 bits per heavy atom. The molecule has 0 saturated carbocycles. The number of thiol groups is 1. The zero-order chi connectivity index (χ0) is 31.8. The first-order valence-corrected chi connectivity index (χ1v) is 14.6. The molecule has 1 aromatic heterocycles. The van der Waals surface area contributed by atoms with Crippen LogP contribution in [0.4, 0.5) is 14.9 Å². The molecule has 2 N–H and O–H groups in total. The maximum absolute atomic E-state index is 15.2. The van der Waals surface area contributed by atoms with E-state index in [1.165, 1.54) is 25.4 Å². The number of rotatable bonds is 11. The minimum absolute atomic E-state index is 0.00448. The number of anilines is 1. The molecule has 2 heterocycles. The highest BCUT2D eigenvalue weighted by atomic mass is 32.1. The number of morpholine rings is 1. The zero-order valence-corrected chi connectivity index (χ0v) is 25.4. The van der Waals surface area contributed by atoms with Gasteiger partial charge in [0.25, 0.3) is 0 Å². The highest BCUT2D eigenvalue weighted by molar-refractivity contribution is 7.82. The van der Waals surface area contributed by atoms with Gasteiger partial charge in [0.15, 0.2) is 23.1 Å². The Bertz CT molecular complexity index is 1640. The third kappa shape index (κ3) is 8.39. The molecule has 1 aliphatic rings. The summed E-state index contributed by atoms with van der Waals surface area (Å²) in [5.41, 5.74) is 1.33. The van der Waals surface area contributed by atoms with E-state index in [0.717, 1.165) is 29.0 Å². The lowest BCUT2D eigenvalue weighted by atomic mass is 10.1. The number of fused-ring (bicyclic) bond motifs is 1. The predicted octanol–water partition coefficient (Wildman–Crippen LogP) is 4.38. The summed E-state index contributed by atoms with van der Waals surface area (Å²) in [5, 5.41) is 13.3. The number of hydrogen-bond acceptors (Lipinski definition) is 10. The number of benzene rings is 3.